The summed E-state index contributed by atoms with van der Waals surface area (Å²) in [6, 6.07) is 14.9. The van der Waals surface area contributed by atoms with Crippen LogP contribution in [0.4, 0.5) is 4.79 Å². The van der Waals surface area contributed by atoms with E-state index in [-0.39, 0.29) is 35.9 Å². The molecule has 1 fully saturated rings. The fraction of sp³-hybridized carbons (Fsp3) is 0.385. The van der Waals surface area contributed by atoms with Gasteiger partial charge in [-0.1, -0.05) is 90.9 Å². The van der Waals surface area contributed by atoms with E-state index < -0.39 is 29.9 Å². The van der Waals surface area contributed by atoms with E-state index in [9.17, 15) is 19.2 Å². The standard InChI is InChI=1S/C26H28N2O6S2/c1-26(2,3)36-35-15-21(24(31)34-28-22(29)12-13-23(28)30)27-25(32)33-14-20-18-10-6-4-8-16(18)17-9-5-7-11-19(17)20/h4-11,20-21H,12-15H2,1-3H3,(H,27,32). The molecule has 0 spiro atoms. The van der Waals surface area contributed by atoms with Gasteiger partial charge in [0.25, 0.3) is 11.8 Å². The first-order valence-electron chi connectivity index (χ1n) is 11.6. The Bertz CT molecular complexity index is 1120. The molecule has 4 rings (SSSR count). The number of hydrogen-bond acceptors (Lipinski definition) is 8. The van der Waals surface area contributed by atoms with Crippen molar-refractivity contribution in [2.24, 2.45) is 0 Å². The van der Waals surface area contributed by atoms with Crippen LogP contribution in [0, 0.1) is 0 Å². The van der Waals surface area contributed by atoms with Crippen LogP contribution in [-0.2, 0) is 24.0 Å². The average Bonchev–Trinajstić information content (AvgIpc) is 3.33. The number of carbonyl (C=O) groups is 4. The maximum absolute atomic E-state index is 12.8. The average molecular weight is 529 g/mol. The SMILES string of the molecule is CC(C)(C)SSCC(NC(=O)OCC1c2ccccc2-c2ccccc21)C(=O)ON1C(=O)CCC1=O. The summed E-state index contributed by atoms with van der Waals surface area (Å²) in [5, 5.41) is 3.04. The van der Waals surface area contributed by atoms with E-state index in [1.807, 2.05) is 69.3 Å². The monoisotopic (exact) mass is 528 g/mol. The van der Waals surface area contributed by atoms with Crippen molar-refractivity contribution in [2.75, 3.05) is 12.4 Å². The lowest BCUT2D eigenvalue weighted by molar-refractivity contribution is -0.198. The minimum absolute atomic E-state index is 0.00872. The van der Waals surface area contributed by atoms with Gasteiger partial charge >= 0.3 is 12.1 Å². The lowest BCUT2D eigenvalue weighted by atomic mass is 9.98. The zero-order chi connectivity index (χ0) is 25.9. The highest BCUT2D eigenvalue weighted by atomic mass is 33.1. The largest absolute Gasteiger partial charge is 0.449 e. The van der Waals surface area contributed by atoms with Gasteiger partial charge in [0.15, 0.2) is 0 Å². The molecule has 1 unspecified atom stereocenters. The molecular formula is C26H28N2O6S2. The molecule has 0 bridgehead atoms. The maximum Gasteiger partial charge on any atom is 0.407 e. The number of benzene rings is 2. The van der Waals surface area contributed by atoms with Gasteiger partial charge in [-0.05, 0) is 22.3 Å². The molecule has 1 aliphatic heterocycles. The van der Waals surface area contributed by atoms with Gasteiger partial charge in [0.05, 0.1) is 0 Å². The number of nitrogens with one attached hydrogen (secondary N) is 1. The number of nitrogens with zero attached hydrogens (tertiary/aromatic N) is 1. The van der Waals surface area contributed by atoms with Crippen LogP contribution in [0.5, 0.6) is 0 Å². The second kappa shape index (κ2) is 11.0. The first-order chi connectivity index (χ1) is 17.1. The molecule has 0 aromatic heterocycles. The van der Waals surface area contributed by atoms with Crippen molar-refractivity contribution in [3.8, 4) is 11.1 Å². The van der Waals surface area contributed by atoms with Crippen molar-refractivity contribution in [3.05, 3.63) is 59.7 Å². The number of fused-ring (bicyclic) bond motifs is 3. The smallest absolute Gasteiger partial charge is 0.407 e. The zero-order valence-corrected chi connectivity index (χ0v) is 21.9. The van der Waals surface area contributed by atoms with E-state index in [0.717, 1.165) is 22.3 Å². The highest BCUT2D eigenvalue weighted by Gasteiger charge is 2.36. The molecule has 8 nitrogen and oxygen atoms in total. The number of amides is 3. The van der Waals surface area contributed by atoms with Crippen LogP contribution in [0.3, 0.4) is 0 Å². The van der Waals surface area contributed by atoms with Crippen LogP contribution in [0.25, 0.3) is 11.1 Å². The first-order valence-corrected chi connectivity index (χ1v) is 14.0. The van der Waals surface area contributed by atoms with Crippen LogP contribution in [0.15, 0.2) is 48.5 Å². The predicted molar refractivity (Wildman–Crippen MR) is 139 cm³/mol. The Balaban J connectivity index is 1.41. The molecule has 3 amide bonds. The normalized spacial score (nSPS) is 15.9. The Morgan fingerprint density at radius 1 is 1.00 bits per heavy atom. The molecule has 1 saturated heterocycles. The highest BCUT2D eigenvalue weighted by Crippen LogP contribution is 2.44. The number of alkyl carbamates (subject to hydrolysis) is 1. The number of hydroxylamine groups is 2. The number of hydrogen-bond donors (Lipinski definition) is 1. The molecule has 2 aliphatic rings. The number of rotatable bonds is 8. The quantitative estimate of drug-likeness (QED) is 0.389. The molecule has 2 aromatic rings. The zero-order valence-electron chi connectivity index (χ0n) is 20.3. The van der Waals surface area contributed by atoms with E-state index in [4.69, 9.17) is 9.57 Å². The van der Waals surface area contributed by atoms with Crippen molar-refractivity contribution in [3.63, 3.8) is 0 Å². The Morgan fingerprint density at radius 3 is 2.11 bits per heavy atom. The molecule has 1 heterocycles. The molecule has 190 valence electrons. The van der Waals surface area contributed by atoms with Gasteiger partial charge in [-0.25, -0.2) is 9.59 Å². The first kappa shape index (κ1) is 26.1. The van der Waals surface area contributed by atoms with E-state index in [1.54, 1.807) is 0 Å². The Hall–Kier alpha value is -2.98. The summed E-state index contributed by atoms with van der Waals surface area (Å²) >= 11 is 0. The summed E-state index contributed by atoms with van der Waals surface area (Å²) < 4.78 is 5.48. The van der Waals surface area contributed by atoms with Crippen LogP contribution in [-0.4, -0.2) is 52.1 Å². The predicted octanol–water partition coefficient (Wildman–Crippen LogP) is 4.68. The van der Waals surface area contributed by atoms with Crippen molar-refractivity contribution in [1.29, 1.82) is 0 Å². The van der Waals surface area contributed by atoms with E-state index >= 15 is 0 Å². The van der Waals surface area contributed by atoms with Gasteiger partial charge < -0.3 is 14.9 Å². The fourth-order valence-corrected chi connectivity index (χ4v) is 6.49. The van der Waals surface area contributed by atoms with Crippen molar-refractivity contribution >= 4 is 45.5 Å². The third-order valence-corrected chi connectivity index (χ3v) is 9.00. The third kappa shape index (κ3) is 6.04. The number of imide groups is 1. The molecule has 2 aromatic carbocycles. The van der Waals surface area contributed by atoms with Crippen LogP contribution >= 0.6 is 21.6 Å². The summed E-state index contributed by atoms with van der Waals surface area (Å²) in [5.41, 5.74) is 4.37. The van der Waals surface area contributed by atoms with Crippen LogP contribution < -0.4 is 5.32 Å². The Kier molecular flexibility index (Phi) is 7.94. The van der Waals surface area contributed by atoms with Crippen LogP contribution in [0.2, 0.25) is 0 Å². The van der Waals surface area contributed by atoms with Crippen LogP contribution in [0.1, 0.15) is 50.7 Å². The minimum atomic E-state index is -1.11. The summed E-state index contributed by atoms with van der Waals surface area (Å²) in [5.74, 6) is -2.01. The van der Waals surface area contributed by atoms with Crippen molar-refractivity contribution in [2.45, 2.75) is 50.3 Å². The Morgan fingerprint density at radius 2 is 1.56 bits per heavy atom. The maximum atomic E-state index is 12.8. The minimum Gasteiger partial charge on any atom is -0.449 e. The second-order valence-electron chi connectivity index (χ2n) is 9.49. The summed E-state index contributed by atoms with van der Waals surface area (Å²) in [6.45, 7) is 6.17. The topological polar surface area (TPSA) is 102 Å². The van der Waals surface area contributed by atoms with E-state index in [1.165, 1.54) is 21.6 Å². The van der Waals surface area contributed by atoms with Gasteiger partial charge in [0, 0.05) is 29.3 Å². The van der Waals surface area contributed by atoms with Crippen molar-refractivity contribution < 1.29 is 28.8 Å². The third-order valence-electron chi connectivity index (χ3n) is 5.65. The Labute approximate surface area is 217 Å². The molecule has 0 saturated carbocycles. The number of carbonyl (C=O) groups excluding carboxylic acids is 4. The van der Waals surface area contributed by atoms with Gasteiger partial charge in [0.2, 0.25) is 0 Å². The highest BCUT2D eigenvalue weighted by molar-refractivity contribution is 8.77. The molecular weight excluding hydrogens is 500 g/mol. The fourth-order valence-electron chi connectivity index (χ4n) is 4.04. The molecule has 0 radical (unpaired) electrons. The molecule has 1 N–H and O–H groups in total. The summed E-state index contributed by atoms with van der Waals surface area (Å²) in [7, 11) is 2.92. The lowest BCUT2D eigenvalue weighted by Crippen LogP contribution is -2.47. The molecule has 36 heavy (non-hydrogen) atoms. The molecule has 1 atom stereocenters. The second-order valence-corrected chi connectivity index (χ2v) is 12.7. The summed E-state index contributed by atoms with van der Waals surface area (Å²) in [4.78, 5) is 54.4. The molecule has 1 aliphatic carbocycles. The van der Waals surface area contributed by atoms with Gasteiger partial charge in [-0.15, -0.1) is 5.06 Å². The summed E-state index contributed by atoms with van der Waals surface area (Å²) in [6.07, 6.45) is -0.796. The van der Waals surface area contributed by atoms with Gasteiger partial charge in [0.1, 0.15) is 12.6 Å². The van der Waals surface area contributed by atoms with E-state index in [0.29, 0.717) is 5.06 Å². The van der Waals surface area contributed by atoms with Gasteiger partial charge in [-0.3, -0.25) is 9.59 Å². The molecule has 10 heteroatoms. The van der Waals surface area contributed by atoms with E-state index in [2.05, 4.69) is 5.32 Å². The van der Waals surface area contributed by atoms with Crippen molar-refractivity contribution in [1.82, 2.24) is 10.4 Å². The number of ether oxygens (including phenoxy) is 1. The lowest BCUT2D eigenvalue weighted by Gasteiger charge is -2.22. The van der Waals surface area contributed by atoms with Gasteiger partial charge in [-0.2, -0.15) is 0 Å².